The third kappa shape index (κ3) is 3.93. The van der Waals surface area contributed by atoms with Gasteiger partial charge in [0.1, 0.15) is 5.76 Å². The van der Waals surface area contributed by atoms with E-state index in [0.29, 0.717) is 25.3 Å². The number of rotatable bonds is 7. The topological polar surface area (TPSA) is 80.4 Å². The Morgan fingerprint density at radius 1 is 1.14 bits per heavy atom. The van der Waals surface area contributed by atoms with Gasteiger partial charge in [-0.25, -0.2) is 4.98 Å². The van der Waals surface area contributed by atoms with Crippen molar-refractivity contribution < 1.29 is 9.21 Å². The number of fused-ring (bicyclic) bond motifs is 1. The Hall–Kier alpha value is -3.09. The average Bonchev–Trinajstić information content (AvgIpc) is 3.41. The maximum Gasteiger partial charge on any atom is 0.294 e. The van der Waals surface area contributed by atoms with Gasteiger partial charge in [-0.2, -0.15) is 0 Å². The number of anilines is 1. The summed E-state index contributed by atoms with van der Waals surface area (Å²) >= 11 is 0. The van der Waals surface area contributed by atoms with E-state index in [1.165, 1.54) is 0 Å². The Kier molecular flexibility index (Phi) is 5.41. The van der Waals surface area contributed by atoms with Gasteiger partial charge in [0, 0.05) is 39.0 Å². The van der Waals surface area contributed by atoms with Gasteiger partial charge in [0.15, 0.2) is 5.82 Å². The smallest absolute Gasteiger partial charge is 0.294 e. The van der Waals surface area contributed by atoms with Crippen molar-refractivity contribution in [1.82, 2.24) is 14.9 Å². The number of aromatic nitrogens is 2. The average molecular weight is 380 g/mol. The summed E-state index contributed by atoms with van der Waals surface area (Å²) in [7, 11) is 0. The number of para-hydroxylation sites is 2. The zero-order valence-corrected chi connectivity index (χ0v) is 15.8. The number of aryl methyl sites for hydroxylation is 1. The van der Waals surface area contributed by atoms with Crippen molar-refractivity contribution >= 4 is 22.8 Å². The van der Waals surface area contributed by atoms with Crippen LogP contribution in [0.25, 0.3) is 11.0 Å². The molecule has 0 spiro atoms. The monoisotopic (exact) mass is 380 g/mol. The van der Waals surface area contributed by atoms with Crippen molar-refractivity contribution in [3.8, 4) is 0 Å². The summed E-state index contributed by atoms with van der Waals surface area (Å²) < 4.78 is 6.94. The molecule has 7 heteroatoms. The Bertz CT molecular complexity index is 1000. The summed E-state index contributed by atoms with van der Waals surface area (Å²) in [6.45, 7) is 2.55. The Balaban J connectivity index is 1.48. The van der Waals surface area contributed by atoms with Crippen LogP contribution in [0.3, 0.4) is 0 Å². The van der Waals surface area contributed by atoms with Gasteiger partial charge in [0.05, 0.1) is 17.3 Å². The predicted molar refractivity (Wildman–Crippen MR) is 107 cm³/mol. The van der Waals surface area contributed by atoms with Crippen molar-refractivity contribution in [3.05, 3.63) is 58.8 Å². The second-order valence-electron chi connectivity index (χ2n) is 7.00. The van der Waals surface area contributed by atoms with Crippen molar-refractivity contribution in [1.29, 1.82) is 0 Å². The van der Waals surface area contributed by atoms with Crippen LogP contribution in [0, 0.1) is 0 Å². The standard InChI is InChI=1S/C21H24N4O3/c26-19(22-11-9-16-6-5-15-28-16)10-14-25-18-8-2-1-7-17(18)23-20(21(25)27)24-12-3-4-13-24/h1-2,5-8,15H,3-4,9-14H2,(H,22,26). The predicted octanol–water partition coefficient (Wildman–Crippen LogP) is 2.34. The van der Waals surface area contributed by atoms with Gasteiger partial charge in [-0.3, -0.25) is 9.59 Å². The number of carbonyl (C=O) groups is 1. The van der Waals surface area contributed by atoms with Gasteiger partial charge in [-0.15, -0.1) is 0 Å². The molecule has 0 saturated carbocycles. The first-order chi connectivity index (χ1) is 13.7. The van der Waals surface area contributed by atoms with Crippen LogP contribution >= 0.6 is 0 Å². The fraction of sp³-hybridized carbons (Fsp3) is 0.381. The summed E-state index contributed by atoms with van der Waals surface area (Å²) in [6.07, 6.45) is 4.66. The van der Waals surface area contributed by atoms with Gasteiger partial charge in [-0.05, 0) is 37.1 Å². The summed E-state index contributed by atoms with van der Waals surface area (Å²) in [5.41, 5.74) is 1.42. The molecule has 1 fully saturated rings. The molecule has 0 atom stereocenters. The lowest BCUT2D eigenvalue weighted by Crippen LogP contribution is -2.33. The number of amides is 1. The molecule has 4 rings (SSSR count). The molecule has 1 aliphatic heterocycles. The number of nitrogens with one attached hydrogen (secondary N) is 1. The third-order valence-corrected chi connectivity index (χ3v) is 5.08. The van der Waals surface area contributed by atoms with E-state index in [2.05, 4.69) is 15.2 Å². The first kappa shape index (κ1) is 18.3. The normalized spacial score (nSPS) is 13.9. The molecule has 1 aromatic carbocycles. The summed E-state index contributed by atoms with van der Waals surface area (Å²) in [4.78, 5) is 32.0. The van der Waals surface area contributed by atoms with Crippen LogP contribution < -0.4 is 15.8 Å². The van der Waals surface area contributed by atoms with E-state index in [4.69, 9.17) is 4.42 Å². The minimum absolute atomic E-state index is 0.0814. The second-order valence-corrected chi connectivity index (χ2v) is 7.00. The van der Waals surface area contributed by atoms with Crippen molar-refractivity contribution in [2.45, 2.75) is 32.2 Å². The van der Waals surface area contributed by atoms with Gasteiger partial charge in [0.2, 0.25) is 5.91 Å². The Morgan fingerprint density at radius 3 is 2.75 bits per heavy atom. The van der Waals surface area contributed by atoms with Crippen LogP contribution in [0.5, 0.6) is 0 Å². The molecule has 1 aliphatic rings. The highest BCUT2D eigenvalue weighted by Gasteiger charge is 2.20. The summed E-state index contributed by atoms with van der Waals surface area (Å²) in [6, 6.07) is 11.3. The van der Waals surface area contributed by atoms with E-state index in [0.717, 1.165) is 42.7 Å². The minimum atomic E-state index is -0.121. The molecule has 0 radical (unpaired) electrons. The van der Waals surface area contributed by atoms with Crippen LogP contribution in [0.4, 0.5) is 5.82 Å². The Labute approximate surface area is 163 Å². The van der Waals surface area contributed by atoms with Gasteiger partial charge >= 0.3 is 0 Å². The molecular weight excluding hydrogens is 356 g/mol. The van der Waals surface area contributed by atoms with E-state index in [1.54, 1.807) is 10.8 Å². The molecule has 146 valence electrons. The molecule has 1 saturated heterocycles. The lowest BCUT2D eigenvalue weighted by molar-refractivity contribution is -0.121. The highest BCUT2D eigenvalue weighted by molar-refractivity contribution is 5.78. The quantitative estimate of drug-likeness (QED) is 0.680. The fourth-order valence-corrected chi connectivity index (χ4v) is 3.62. The highest BCUT2D eigenvalue weighted by Crippen LogP contribution is 2.18. The minimum Gasteiger partial charge on any atom is -0.469 e. The number of carbonyl (C=O) groups excluding carboxylic acids is 1. The second kappa shape index (κ2) is 8.29. The Morgan fingerprint density at radius 2 is 1.96 bits per heavy atom. The number of furan rings is 1. The largest absolute Gasteiger partial charge is 0.469 e. The van der Waals surface area contributed by atoms with Gasteiger partial charge < -0.3 is 19.2 Å². The number of hydrogen-bond acceptors (Lipinski definition) is 5. The van der Waals surface area contributed by atoms with Crippen LogP contribution in [0.2, 0.25) is 0 Å². The molecule has 0 bridgehead atoms. The van der Waals surface area contributed by atoms with E-state index in [-0.39, 0.29) is 17.9 Å². The lowest BCUT2D eigenvalue weighted by atomic mass is 10.2. The van der Waals surface area contributed by atoms with Crippen molar-refractivity contribution in [2.75, 3.05) is 24.5 Å². The molecule has 1 amide bonds. The maximum atomic E-state index is 13.1. The number of hydrogen-bond donors (Lipinski definition) is 1. The molecule has 3 heterocycles. The summed E-state index contributed by atoms with van der Waals surface area (Å²) in [5, 5.41) is 2.89. The van der Waals surface area contributed by atoms with Crippen molar-refractivity contribution in [3.63, 3.8) is 0 Å². The van der Waals surface area contributed by atoms with E-state index < -0.39 is 0 Å². The van der Waals surface area contributed by atoms with Gasteiger partial charge in [0.25, 0.3) is 5.56 Å². The summed E-state index contributed by atoms with van der Waals surface area (Å²) in [5.74, 6) is 1.25. The first-order valence-corrected chi connectivity index (χ1v) is 9.76. The lowest BCUT2D eigenvalue weighted by Gasteiger charge is -2.19. The van der Waals surface area contributed by atoms with Crippen LogP contribution in [0.1, 0.15) is 25.0 Å². The van der Waals surface area contributed by atoms with Crippen LogP contribution in [0.15, 0.2) is 51.9 Å². The highest BCUT2D eigenvalue weighted by atomic mass is 16.3. The van der Waals surface area contributed by atoms with E-state index >= 15 is 0 Å². The number of nitrogens with zero attached hydrogens (tertiary/aromatic N) is 3. The third-order valence-electron chi connectivity index (χ3n) is 5.08. The molecule has 0 aliphatic carbocycles. The van der Waals surface area contributed by atoms with Crippen LogP contribution in [-0.2, 0) is 17.8 Å². The zero-order chi connectivity index (χ0) is 19.3. The number of benzene rings is 1. The molecular formula is C21H24N4O3. The molecule has 0 unspecified atom stereocenters. The maximum absolute atomic E-state index is 13.1. The van der Waals surface area contributed by atoms with Crippen molar-refractivity contribution in [2.24, 2.45) is 0 Å². The molecule has 7 nitrogen and oxygen atoms in total. The molecule has 28 heavy (non-hydrogen) atoms. The van der Waals surface area contributed by atoms with E-state index in [9.17, 15) is 9.59 Å². The van der Waals surface area contributed by atoms with E-state index in [1.807, 2.05) is 36.4 Å². The molecule has 2 aromatic heterocycles. The van der Waals surface area contributed by atoms with Gasteiger partial charge in [-0.1, -0.05) is 12.1 Å². The molecule has 1 N–H and O–H groups in total. The fourth-order valence-electron chi connectivity index (χ4n) is 3.62. The van der Waals surface area contributed by atoms with Crippen LogP contribution in [-0.4, -0.2) is 35.1 Å². The first-order valence-electron chi connectivity index (χ1n) is 9.76. The SMILES string of the molecule is O=C(CCn1c(=O)c(N2CCCC2)nc2ccccc21)NCCc1ccco1. The zero-order valence-electron chi connectivity index (χ0n) is 15.8. The molecule has 3 aromatic rings.